The van der Waals surface area contributed by atoms with Crippen molar-refractivity contribution < 1.29 is 19.1 Å². The van der Waals surface area contributed by atoms with E-state index in [1.807, 2.05) is 18.2 Å². The van der Waals surface area contributed by atoms with Gasteiger partial charge >= 0.3 is 5.97 Å². The number of hydrogen-bond donors (Lipinski definition) is 0. The fourth-order valence-electron chi connectivity index (χ4n) is 3.83. The quantitative estimate of drug-likeness (QED) is 0.528. The van der Waals surface area contributed by atoms with Gasteiger partial charge in [-0.25, -0.2) is 4.79 Å². The zero-order valence-corrected chi connectivity index (χ0v) is 15.8. The summed E-state index contributed by atoms with van der Waals surface area (Å²) in [5.41, 5.74) is 3.10. The van der Waals surface area contributed by atoms with Crippen LogP contribution in [0.1, 0.15) is 16.8 Å². The van der Waals surface area contributed by atoms with Crippen molar-refractivity contribution in [1.29, 1.82) is 5.26 Å². The molecule has 0 amide bonds. The van der Waals surface area contributed by atoms with E-state index in [1.54, 1.807) is 7.05 Å². The van der Waals surface area contributed by atoms with E-state index >= 15 is 0 Å². The van der Waals surface area contributed by atoms with Crippen LogP contribution in [-0.2, 0) is 16.0 Å². The van der Waals surface area contributed by atoms with Gasteiger partial charge in [-0.15, -0.1) is 0 Å². The van der Waals surface area contributed by atoms with Crippen LogP contribution in [-0.4, -0.2) is 36.1 Å². The number of pyridine rings is 1. The molecule has 0 spiro atoms. The van der Waals surface area contributed by atoms with E-state index in [0.29, 0.717) is 40.7 Å². The number of halogens is 1. The minimum atomic E-state index is -0.533. The molecule has 7 heteroatoms. The summed E-state index contributed by atoms with van der Waals surface area (Å²) in [6, 6.07) is 7.80. The molecule has 26 heavy (non-hydrogen) atoms. The Morgan fingerprint density at radius 3 is 2.92 bits per heavy atom. The van der Waals surface area contributed by atoms with Gasteiger partial charge in [-0.1, -0.05) is 15.9 Å². The molecule has 1 unspecified atom stereocenters. The summed E-state index contributed by atoms with van der Waals surface area (Å²) in [5.74, 6) is -0.809. The number of nitriles is 1. The third kappa shape index (κ3) is 2.13. The highest BCUT2D eigenvalue weighted by Gasteiger charge is 2.47. The lowest BCUT2D eigenvalue weighted by molar-refractivity contribution is -0.795. The molecule has 1 aromatic carbocycles. The average molecular weight is 412 g/mol. The lowest BCUT2D eigenvalue weighted by atomic mass is 9.92. The Hall–Kier alpha value is -2.69. The molecule has 2 aromatic rings. The Balaban J connectivity index is 2.04. The number of carbonyl (C=O) groups excluding carboxylic acids is 1. The number of aromatic nitrogens is 1. The Labute approximate surface area is 158 Å². The Kier molecular flexibility index (Phi) is 3.65. The number of methoxy groups -OCH3 is 1. The lowest BCUT2D eigenvalue weighted by Crippen LogP contribution is -2.47. The second-order valence-corrected chi connectivity index (χ2v) is 7.40. The van der Waals surface area contributed by atoms with Crippen LogP contribution in [0.2, 0.25) is 0 Å². The number of likely N-dealkylation sites (N-methyl/N-ethyl adjacent to an activating group) is 1. The van der Waals surface area contributed by atoms with Gasteiger partial charge < -0.3 is 9.84 Å². The largest absolute Gasteiger partial charge is 0.868 e. The normalized spacial score (nSPS) is 21.1. The highest BCUT2D eigenvalue weighted by molar-refractivity contribution is 9.10. The number of benzene rings is 1. The van der Waals surface area contributed by atoms with Crippen molar-refractivity contribution in [2.24, 2.45) is 0 Å². The molecule has 0 bridgehead atoms. The van der Waals surface area contributed by atoms with Crippen molar-refractivity contribution in [2.75, 3.05) is 20.7 Å². The maximum absolute atomic E-state index is 12.8. The van der Waals surface area contributed by atoms with E-state index in [0.717, 1.165) is 10.2 Å². The summed E-state index contributed by atoms with van der Waals surface area (Å²) in [4.78, 5) is 16.9. The van der Waals surface area contributed by atoms with Gasteiger partial charge in [-0.3, -0.25) is 9.47 Å². The zero-order valence-electron chi connectivity index (χ0n) is 14.2. The molecular weight excluding hydrogens is 398 g/mol. The summed E-state index contributed by atoms with van der Waals surface area (Å²) >= 11 is 3.42. The van der Waals surface area contributed by atoms with Gasteiger partial charge in [0.1, 0.15) is 11.8 Å². The Bertz CT molecular complexity index is 1100. The van der Waals surface area contributed by atoms with E-state index in [9.17, 15) is 15.2 Å². The fourth-order valence-corrected chi connectivity index (χ4v) is 4.19. The van der Waals surface area contributed by atoms with Gasteiger partial charge in [0.25, 0.3) is 0 Å². The number of rotatable bonds is 1. The molecule has 0 aliphatic carbocycles. The van der Waals surface area contributed by atoms with Crippen LogP contribution in [0.3, 0.4) is 0 Å². The second kappa shape index (κ2) is 5.66. The molecule has 3 heterocycles. The van der Waals surface area contributed by atoms with Crippen LogP contribution >= 0.6 is 15.9 Å². The minimum absolute atomic E-state index is 0.0361. The van der Waals surface area contributed by atoms with Crippen molar-refractivity contribution in [3.63, 3.8) is 0 Å². The highest BCUT2D eigenvalue weighted by atomic mass is 79.9. The monoisotopic (exact) mass is 411 g/mol. The van der Waals surface area contributed by atoms with Crippen molar-refractivity contribution in [1.82, 2.24) is 4.98 Å². The summed E-state index contributed by atoms with van der Waals surface area (Å²) in [5, 5.41) is 23.3. The number of hydrogen-bond acceptors (Lipinski definition) is 5. The van der Waals surface area contributed by atoms with Gasteiger partial charge in [-0.05, 0) is 24.0 Å². The van der Waals surface area contributed by atoms with E-state index < -0.39 is 5.97 Å². The van der Waals surface area contributed by atoms with Crippen molar-refractivity contribution in [3.8, 4) is 6.07 Å². The van der Waals surface area contributed by atoms with Crippen LogP contribution in [0.5, 0.6) is 0 Å². The molecule has 6 nitrogen and oxygen atoms in total. The number of quaternary nitrogens is 1. The average Bonchev–Trinajstić information content (AvgIpc) is 2.90. The molecule has 0 N–H and O–H groups in total. The molecule has 2 aliphatic rings. The van der Waals surface area contributed by atoms with Gasteiger partial charge in [-0.2, -0.15) is 5.26 Å². The zero-order chi connectivity index (χ0) is 18.6. The van der Waals surface area contributed by atoms with Crippen LogP contribution in [0.15, 0.2) is 40.2 Å². The fraction of sp³-hybridized carbons (Fsp3) is 0.211. The predicted molar refractivity (Wildman–Crippen MR) is 95.9 cm³/mol. The summed E-state index contributed by atoms with van der Waals surface area (Å²) in [6.45, 7) is 0.509. The molecular formula is C19H14BrN3O3. The van der Waals surface area contributed by atoms with Gasteiger partial charge in [0.05, 0.1) is 43.0 Å². The number of carbonyl (C=O) groups is 1. The smallest absolute Gasteiger partial charge is 0.392 e. The summed E-state index contributed by atoms with van der Waals surface area (Å²) in [7, 11) is 3.10. The van der Waals surface area contributed by atoms with E-state index in [4.69, 9.17) is 4.74 Å². The first-order valence-corrected chi connectivity index (χ1v) is 8.80. The molecule has 0 saturated heterocycles. The summed E-state index contributed by atoms with van der Waals surface area (Å²) in [6.07, 6.45) is 1.88. The van der Waals surface area contributed by atoms with Gasteiger partial charge in [0, 0.05) is 22.4 Å². The van der Waals surface area contributed by atoms with Crippen LogP contribution < -0.4 is 5.11 Å². The van der Waals surface area contributed by atoms with Crippen LogP contribution in [0.4, 0.5) is 0 Å². The lowest BCUT2D eigenvalue weighted by Gasteiger charge is -2.38. The number of esters is 1. The molecule has 0 saturated carbocycles. The SMILES string of the molecule is COC(=O)C1=CC([O-])=C2c3c(nc4ccc(Br)cc4c3C#N)CC[N+]12C. The first-order chi connectivity index (χ1) is 12.4. The highest BCUT2D eigenvalue weighted by Crippen LogP contribution is 2.45. The number of allylic oxidation sites excluding steroid dienone is 1. The molecule has 2 aliphatic heterocycles. The third-order valence-electron chi connectivity index (χ3n) is 5.09. The van der Waals surface area contributed by atoms with Crippen LogP contribution in [0.25, 0.3) is 16.6 Å². The summed E-state index contributed by atoms with van der Waals surface area (Å²) < 4.78 is 5.71. The van der Waals surface area contributed by atoms with Crippen molar-refractivity contribution in [2.45, 2.75) is 6.42 Å². The predicted octanol–water partition coefficient (Wildman–Crippen LogP) is 1.97. The topological polar surface area (TPSA) is 86.0 Å². The van der Waals surface area contributed by atoms with E-state index in [-0.39, 0.29) is 15.9 Å². The van der Waals surface area contributed by atoms with Crippen molar-refractivity contribution >= 4 is 38.5 Å². The van der Waals surface area contributed by atoms with Crippen molar-refractivity contribution in [3.05, 3.63) is 57.0 Å². The van der Waals surface area contributed by atoms with Crippen LogP contribution in [0, 0.1) is 11.3 Å². The molecule has 4 rings (SSSR count). The number of nitrogens with zero attached hydrogens (tertiary/aromatic N) is 3. The molecule has 1 aromatic heterocycles. The molecule has 130 valence electrons. The van der Waals surface area contributed by atoms with E-state index in [2.05, 4.69) is 27.0 Å². The van der Waals surface area contributed by atoms with Gasteiger partial charge in [0.2, 0.25) is 5.70 Å². The second-order valence-electron chi connectivity index (χ2n) is 6.48. The first-order valence-electron chi connectivity index (χ1n) is 8.01. The standard InChI is InChI=1S/C19H14BrN3O3/c1-23-6-5-14-17(18(23)16(24)8-15(23)19(25)26-2)12(9-21)11-7-10(20)3-4-13(11)22-14/h3-4,7-8H,5-6H2,1-2H3. The minimum Gasteiger partial charge on any atom is -0.868 e. The maximum atomic E-state index is 12.8. The number of fused-ring (bicyclic) bond motifs is 4. The molecule has 1 atom stereocenters. The third-order valence-corrected chi connectivity index (χ3v) is 5.58. The maximum Gasteiger partial charge on any atom is 0.392 e. The Morgan fingerprint density at radius 1 is 1.46 bits per heavy atom. The van der Waals surface area contributed by atoms with E-state index in [1.165, 1.54) is 13.2 Å². The molecule has 0 fully saturated rings. The Morgan fingerprint density at radius 2 is 2.23 bits per heavy atom. The molecule has 0 radical (unpaired) electrons. The number of ether oxygens (including phenoxy) is 1. The van der Waals surface area contributed by atoms with Gasteiger partial charge in [0.15, 0.2) is 0 Å². The first kappa shape index (κ1) is 16.8.